The van der Waals surface area contributed by atoms with Crippen LogP contribution in [0.3, 0.4) is 0 Å². The van der Waals surface area contributed by atoms with Crippen molar-refractivity contribution in [1.29, 1.82) is 0 Å². The summed E-state index contributed by atoms with van der Waals surface area (Å²) in [5.41, 5.74) is 7.94. The molecular weight excluding hydrogens is 232 g/mol. The van der Waals surface area contributed by atoms with Gasteiger partial charge in [-0.25, -0.2) is 8.78 Å². The first-order valence-corrected chi connectivity index (χ1v) is 5.80. The summed E-state index contributed by atoms with van der Waals surface area (Å²) in [6.07, 6.45) is 0. The number of rotatable bonds is 2. The Kier molecular flexibility index (Phi) is 3.43. The molecule has 0 saturated heterocycles. The number of hydrogen-bond acceptors (Lipinski definition) is 1. The molecule has 0 bridgehead atoms. The molecule has 0 amide bonds. The van der Waals surface area contributed by atoms with Crippen LogP contribution in [0.15, 0.2) is 36.4 Å². The largest absolute Gasteiger partial charge is 0.324 e. The lowest BCUT2D eigenvalue weighted by Gasteiger charge is -2.09. The van der Waals surface area contributed by atoms with E-state index in [0.29, 0.717) is 11.1 Å². The van der Waals surface area contributed by atoms with Gasteiger partial charge in [-0.1, -0.05) is 24.3 Å². The van der Waals surface area contributed by atoms with Crippen LogP contribution in [-0.4, -0.2) is 0 Å². The van der Waals surface area contributed by atoms with E-state index in [-0.39, 0.29) is 11.6 Å². The Morgan fingerprint density at radius 3 is 2.17 bits per heavy atom. The fourth-order valence-corrected chi connectivity index (χ4v) is 1.83. The van der Waals surface area contributed by atoms with Crippen LogP contribution in [0, 0.1) is 18.6 Å². The minimum atomic E-state index is -0.414. The maximum absolute atomic E-state index is 13.8. The van der Waals surface area contributed by atoms with Crippen LogP contribution in [0.5, 0.6) is 0 Å². The van der Waals surface area contributed by atoms with Crippen molar-refractivity contribution in [1.82, 2.24) is 0 Å². The van der Waals surface area contributed by atoms with Crippen molar-refractivity contribution in [2.24, 2.45) is 5.73 Å². The van der Waals surface area contributed by atoms with Crippen LogP contribution >= 0.6 is 0 Å². The van der Waals surface area contributed by atoms with Crippen LogP contribution in [0.4, 0.5) is 8.78 Å². The number of aryl methyl sites for hydroxylation is 1. The van der Waals surface area contributed by atoms with E-state index >= 15 is 0 Å². The third-order valence-electron chi connectivity index (χ3n) is 3.00. The number of benzene rings is 2. The molecule has 2 aromatic rings. The van der Waals surface area contributed by atoms with Gasteiger partial charge >= 0.3 is 0 Å². The molecule has 0 heterocycles. The van der Waals surface area contributed by atoms with E-state index in [0.717, 1.165) is 5.56 Å². The van der Waals surface area contributed by atoms with Crippen molar-refractivity contribution in [3.8, 4) is 11.1 Å². The zero-order valence-electron chi connectivity index (χ0n) is 10.4. The predicted octanol–water partition coefficient (Wildman–Crippen LogP) is 3.96. The Morgan fingerprint density at radius 1 is 1.00 bits per heavy atom. The zero-order valence-corrected chi connectivity index (χ0v) is 10.4. The van der Waals surface area contributed by atoms with E-state index in [4.69, 9.17) is 5.73 Å². The molecule has 0 aromatic heterocycles. The maximum Gasteiger partial charge on any atom is 0.131 e. The first kappa shape index (κ1) is 12.7. The summed E-state index contributed by atoms with van der Waals surface area (Å²) in [5.74, 6) is -0.815. The van der Waals surface area contributed by atoms with Gasteiger partial charge in [0.1, 0.15) is 11.6 Å². The van der Waals surface area contributed by atoms with Gasteiger partial charge in [-0.15, -0.1) is 0 Å². The lowest BCUT2D eigenvalue weighted by molar-refractivity contribution is 0.595. The second-order valence-corrected chi connectivity index (χ2v) is 4.49. The summed E-state index contributed by atoms with van der Waals surface area (Å²) in [7, 11) is 0. The molecule has 0 spiro atoms. The van der Waals surface area contributed by atoms with Crippen LogP contribution in [-0.2, 0) is 0 Å². The molecule has 0 fully saturated rings. The Bertz CT molecular complexity index is 559. The lowest BCUT2D eigenvalue weighted by atomic mass is 10.00. The fourth-order valence-electron chi connectivity index (χ4n) is 1.83. The molecule has 0 aliphatic carbocycles. The summed E-state index contributed by atoms with van der Waals surface area (Å²) in [4.78, 5) is 0. The van der Waals surface area contributed by atoms with E-state index in [1.165, 1.54) is 12.1 Å². The van der Waals surface area contributed by atoms with Gasteiger partial charge in [0.25, 0.3) is 0 Å². The van der Waals surface area contributed by atoms with Crippen LogP contribution in [0.1, 0.15) is 24.1 Å². The molecule has 1 unspecified atom stereocenters. The highest BCUT2D eigenvalue weighted by atomic mass is 19.1. The first-order chi connectivity index (χ1) is 8.49. The van der Waals surface area contributed by atoms with Crippen molar-refractivity contribution in [3.63, 3.8) is 0 Å². The van der Waals surface area contributed by atoms with Crippen molar-refractivity contribution in [3.05, 3.63) is 59.2 Å². The quantitative estimate of drug-likeness (QED) is 0.854. The van der Waals surface area contributed by atoms with Gasteiger partial charge in [0, 0.05) is 11.6 Å². The molecule has 1 nitrogen and oxygen atoms in total. The summed E-state index contributed by atoms with van der Waals surface area (Å²) >= 11 is 0. The van der Waals surface area contributed by atoms with Crippen LogP contribution in [0.2, 0.25) is 0 Å². The van der Waals surface area contributed by atoms with Gasteiger partial charge in [0.2, 0.25) is 0 Å². The topological polar surface area (TPSA) is 26.0 Å². The first-order valence-electron chi connectivity index (χ1n) is 5.80. The molecule has 2 N–H and O–H groups in total. The number of nitrogens with two attached hydrogens (primary N) is 1. The molecule has 3 heteroatoms. The second-order valence-electron chi connectivity index (χ2n) is 4.49. The average Bonchev–Trinajstić information content (AvgIpc) is 2.34. The molecule has 2 aromatic carbocycles. The Morgan fingerprint density at radius 2 is 1.61 bits per heavy atom. The minimum absolute atomic E-state index is 0.0707. The Labute approximate surface area is 105 Å². The molecule has 18 heavy (non-hydrogen) atoms. The third kappa shape index (κ3) is 2.41. The average molecular weight is 247 g/mol. The highest BCUT2D eigenvalue weighted by Crippen LogP contribution is 2.26. The summed E-state index contributed by atoms with van der Waals surface area (Å²) in [6, 6.07) is 9.54. The third-order valence-corrected chi connectivity index (χ3v) is 3.00. The minimum Gasteiger partial charge on any atom is -0.324 e. The van der Waals surface area contributed by atoms with E-state index < -0.39 is 11.6 Å². The summed E-state index contributed by atoms with van der Waals surface area (Å²) < 4.78 is 27.2. The number of hydrogen-bond donors (Lipinski definition) is 1. The predicted molar refractivity (Wildman–Crippen MR) is 69.1 cm³/mol. The summed E-state index contributed by atoms with van der Waals surface area (Å²) in [6.45, 7) is 3.42. The standard InChI is InChI=1S/C15H15F2N/c1-9-7-15(17)13(8-14(9)16)12-5-3-11(4-6-12)10(2)18/h3-8,10H,18H2,1-2H3. The normalized spacial score (nSPS) is 12.5. The van der Waals surface area contributed by atoms with Gasteiger partial charge in [0.05, 0.1) is 0 Å². The van der Waals surface area contributed by atoms with Gasteiger partial charge in [-0.05, 0) is 42.7 Å². The van der Waals surface area contributed by atoms with Crippen LogP contribution < -0.4 is 5.73 Å². The maximum atomic E-state index is 13.8. The Balaban J connectivity index is 2.46. The Hall–Kier alpha value is -1.74. The van der Waals surface area contributed by atoms with Crippen molar-refractivity contribution in [2.45, 2.75) is 19.9 Å². The fraction of sp³-hybridized carbons (Fsp3) is 0.200. The molecule has 1 atom stereocenters. The van der Waals surface area contributed by atoms with E-state index in [9.17, 15) is 8.78 Å². The second kappa shape index (κ2) is 4.86. The molecule has 0 aliphatic rings. The molecule has 2 rings (SSSR count). The van der Waals surface area contributed by atoms with Gasteiger partial charge in [-0.3, -0.25) is 0 Å². The monoisotopic (exact) mass is 247 g/mol. The van der Waals surface area contributed by atoms with Gasteiger partial charge < -0.3 is 5.73 Å². The van der Waals surface area contributed by atoms with Crippen molar-refractivity contribution in [2.75, 3.05) is 0 Å². The van der Waals surface area contributed by atoms with Crippen molar-refractivity contribution >= 4 is 0 Å². The number of halogens is 2. The molecular formula is C15H15F2N. The van der Waals surface area contributed by atoms with Gasteiger partial charge in [0.15, 0.2) is 0 Å². The molecule has 0 aliphatic heterocycles. The van der Waals surface area contributed by atoms with E-state index in [2.05, 4.69) is 0 Å². The van der Waals surface area contributed by atoms with Crippen molar-refractivity contribution < 1.29 is 8.78 Å². The SMILES string of the molecule is Cc1cc(F)c(-c2ccc(C(C)N)cc2)cc1F. The highest BCUT2D eigenvalue weighted by molar-refractivity contribution is 5.65. The smallest absolute Gasteiger partial charge is 0.131 e. The van der Waals surface area contributed by atoms with Crippen LogP contribution in [0.25, 0.3) is 11.1 Å². The van der Waals surface area contributed by atoms with E-state index in [1.54, 1.807) is 19.1 Å². The van der Waals surface area contributed by atoms with E-state index in [1.807, 2.05) is 19.1 Å². The molecule has 0 saturated carbocycles. The highest BCUT2D eigenvalue weighted by Gasteiger charge is 2.09. The zero-order chi connectivity index (χ0) is 13.3. The molecule has 0 radical (unpaired) electrons. The summed E-state index contributed by atoms with van der Waals surface area (Å²) in [5, 5.41) is 0. The van der Waals surface area contributed by atoms with Gasteiger partial charge in [-0.2, -0.15) is 0 Å². The molecule has 94 valence electrons. The lowest BCUT2D eigenvalue weighted by Crippen LogP contribution is -2.04.